The molecule has 2 aromatic rings. The molecule has 3 rings (SSSR count). The number of rotatable bonds is 6. The third-order valence-electron chi connectivity index (χ3n) is 3.97. The van der Waals surface area contributed by atoms with E-state index in [9.17, 15) is 23.6 Å². The number of benzene rings is 2. The van der Waals surface area contributed by atoms with Crippen molar-refractivity contribution in [1.29, 1.82) is 0 Å². The fourth-order valence-electron chi connectivity index (χ4n) is 2.67. The van der Waals surface area contributed by atoms with Crippen LogP contribution >= 0.6 is 11.8 Å². The lowest BCUT2D eigenvalue weighted by Crippen LogP contribution is -2.31. The van der Waals surface area contributed by atoms with Gasteiger partial charge in [0.1, 0.15) is 5.82 Å². The molecular formula is C20H15FN2O5S. The van der Waals surface area contributed by atoms with Crippen LogP contribution in [0.3, 0.4) is 0 Å². The summed E-state index contributed by atoms with van der Waals surface area (Å²) in [6.45, 7) is 0. The van der Waals surface area contributed by atoms with Crippen molar-refractivity contribution in [3.63, 3.8) is 0 Å². The number of carboxylic acids is 1. The number of aliphatic carboxylic acids is 1. The molecule has 7 nitrogen and oxygen atoms in total. The summed E-state index contributed by atoms with van der Waals surface area (Å²) in [6.07, 6.45) is 1.66. The van der Waals surface area contributed by atoms with Crippen LogP contribution in [0, 0.1) is 5.82 Å². The number of carbonyl (C=O) groups excluding carboxylic acids is 3. The summed E-state index contributed by atoms with van der Waals surface area (Å²) in [5.41, 5.74) is 0.785. The van der Waals surface area contributed by atoms with Gasteiger partial charge in [0.15, 0.2) is 0 Å². The zero-order valence-corrected chi connectivity index (χ0v) is 15.7. The van der Waals surface area contributed by atoms with Crippen LogP contribution in [0.15, 0.2) is 65.6 Å². The van der Waals surface area contributed by atoms with Crippen LogP contribution in [0.5, 0.6) is 0 Å². The molecular weight excluding hydrogens is 399 g/mol. The number of hydrogen-bond donors (Lipinski definition) is 2. The van der Waals surface area contributed by atoms with Crippen molar-refractivity contribution in [2.45, 2.75) is 16.6 Å². The summed E-state index contributed by atoms with van der Waals surface area (Å²) in [5.74, 6) is -2.99. The van der Waals surface area contributed by atoms with E-state index in [2.05, 4.69) is 5.32 Å². The molecule has 0 spiro atoms. The first-order valence-electron chi connectivity index (χ1n) is 8.44. The van der Waals surface area contributed by atoms with Gasteiger partial charge in [0, 0.05) is 29.2 Å². The van der Waals surface area contributed by atoms with Gasteiger partial charge in [-0.3, -0.25) is 14.4 Å². The van der Waals surface area contributed by atoms with Crippen LogP contribution < -0.4 is 10.2 Å². The molecule has 29 heavy (non-hydrogen) atoms. The molecule has 0 bridgehead atoms. The molecule has 0 aromatic heterocycles. The number of carbonyl (C=O) groups is 4. The Bertz CT molecular complexity index is 989. The maximum Gasteiger partial charge on any atom is 0.328 e. The lowest BCUT2D eigenvalue weighted by Gasteiger charge is -2.15. The SMILES string of the molecule is O=C(O)/C=C/C(=O)Nc1ccc(SC2CC(=O)N(c3ccc(F)cc3)C2=O)cc1. The minimum Gasteiger partial charge on any atom is -0.478 e. The Kier molecular flexibility index (Phi) is 6.08. The zero-order valence-electron chi connectivity index (χ0n) is 14.9. The largest absolute Gasteiger partial charge is 0.478 e. The first-order chi connectivity index (χ1) is 13.8. The first kappa shape index (κ1) is 20.3. The quantitative estimate of drug-likeness (QED) is 0.557. The average molecular weight is 414 g/mol. The molecule has 0 saturated carbocycles. The Morgan fingerprint density at radius 2 is 1.72 bits per heavy atom. The van der Waals surface area contributed by atoms with Crippen molar-refractivity contribution in [2.75, 3.05) is 10.2 Å². The fourth-order valence-corrected chi connectivity index (χ4v) is 3.72. The molecule has 1 unspecified atom stereocenters. The number of imide groups is 1. The van der Waals surface area contributed by atoms with Gasteiger partial charge in [0.05, 0.1) is 10.9 Å². The van der Waals surface area contributed by atoms with E-state index in [1.165, 1.54) is 36.0 Å². The Hall–Kier alpha value is -3.46. The second-order valence-electron chi connectivity index (χ2n) is 6.04. The molecule has 1 fully saturated rings. The molecule has 0 radical (unpaired) electrons. The van der Waals surface area contributed by atoms with Gasteiger partial charge in [0.25, 0.3) is 0 Å². The molecule has 1 aliphatic heterocycles. The van der Waals surface area contributed by atoms with Crippen molar-refractivity contribution >= 4 is 46.8 Å². The third kappa shape index (κ3) is 5.08. The molecule has 148 valence electrons. The number of carboxylic acid groups (broad SMARTS) is 1. The van der Waals surface area contributed by atoms with Crippen LogP contribution in [-0.4, -0.2) is 34.0 Å². The molecule has 1 aliphatic rings. The average Bonchev–Trinajstić information content (AvgIpc) is 2.96. The normalized spacial score (nSPS) is 16.4. The van der Waals surface area contributed by atoms with E-state index in [0.29, 0.717) is 11.4 Å². The standard InChI is InChI=1S/C20H15FN2O5S/c21-12-1-5-14(6-2-12)23-18(25)11-16(20(23)28)29-15-7-3-13(4-8-15)22-17(24)9-10-19(26)27/h1-10,16H,11H2,(H,22,24)(H,26,27)/b10-9+. The molecule has 1 atom stereocenters. The van der Waals surface area contributed by atoms with Gasteiger partial charge in [-0.15, -0.1) is 11.8 Å². The van der Waals surface area contributed by atoms with E-state index < -0.39 is 22.9 Å². The van der Waals surface area contributed by atoms with E-state index in [4.69, 9.17) is 5.11 Å². The van der Waals surface area contributed by atoms with Crippen molar-refractivity contribution in [2.24, 2.45) is 0 Å². The van der Waals surface area contributed by atoms with E-state index >= 15 is 0 Å². The van der Waals surface area contributed by atoms with Gasteiger partial charge >= 0.3 is 5.97 Å². The summed E-state index contributed by atoms with van der Waals surface area (Å²) in [5, 5.41) is 10.4. The third-order valence-corrected chi connectivity index (χ3v) is 5.16. The summed E-state index contributed by atoms with van der Waals surface area (Å²) in [4.78, 5) is 48.6. The van der Waals surface area contributed by atoms with Crippen molar-refractivity contribution in [1.82, 2.24) is 0 Å². The lowest BCUT2D eigenvalue weighted by molar-refractivity contribution is -0.131. The van der Waals surface area contributed by atoms with E-state index in [1.54, 1.807) is 24.3 Å². The highest BCUT2D eigenvalue weighted by molar-refractivity contribution is 8.00. The minimum absolute atomic E-state index is 0.0271. The van der Waals surface area contributed by atoms with Crippen LogP contribution in [0.25, 0.3) is 0 Å². The second-order valence-corrected chi connectivity index (χ2v) is 7.32. The predicted octanol–water partition coefficient (Wildman–Crippen LogP) is 2.83. The second kappa shape index (κ2) is 8.70. The number of hydrogen-bond acceptors (Lipinski definition) is 5. The van der Waals surface area contributed by atoms with Gasteiger partial charge < -0.3 is 10.4 Å². The molecule has 2 aromatic carbocycles. The van der Waals surface area contributed by atoms with Crippen LogP contribution in [-0.2, 0) is 19.2 Å². The lowest BCUT2D eigenvalue weighted by atomic mass is 10.3. The molecule has 3 amide bonds. The molecule has 2 N–H and O–H groups in total. The van der Waals surface area contributed by atoms with Crippen LogP contribution in [0.1, 0.15) is 6.42 Å². The monoisotopic (exact) mass is 414 g/mol. The highest BCUT2D eigenvalue weighted by atomic mass is 32.2. The topological polar surface area (TPSA) is 104 Å². The maximum atomic E-state index is 13.1. The van der Waals surface area contributed by atoms with Crippen molar-refractivity contribution in [3.8, 4) is 0 Å². The zero-order chi connectivity index (χ0) is 21.0. The van der Waals surface area contributed by atoms with E-state index in [1.807, 2.05) is 0 Å². The Balaban J connectivity index is 1.64. The number of anilines is 2. The molecule has 1 heterocycles. The Labute approximate surface area is 169 Å². The number of amides is 3. The summed E-state index contributed by atoms with van der Waals surface area (Å²) >= 11 is 1.22. The number of halogens is 1. The van der Waals surface area contributed by atoms with Gasteiger partial charge in [-0.25, -0.2) is 14.1 Å². The summed E-state index contributed by atoms with van der Waals surface area (Å²) in [7, 11) is 0. The van der Waals surface area contributed by atoms with Crippen molar-refractivity contribution in [3.05, 3.63) is 66.5 Å². The van der Waals surface area contributed by atoms with E-state index in [-0.39, 0.29) is 18.2 Å². The van der Waals surface area contributed by atoms with Gasteiger partial charge in [-0.05, 0) is 48.5 Å². The van der Waals surface area contributed by atoms with Gasteiger partial charge in [-0.1, -0.05) is 0 Å². The van der Waals surface area contributed by atoms with Crippen LogP contribution in [0.2, 0.25) is 0 Å². The highest BCUT2D eigenvalue weighted by Crippen LogP contribution is 2.34. The molecule has 0 aliphatic carbocycles. The Morgan fingerprint density at radius 1 is 1.07 bits per heavy atom. The minimum atomic E-state index is -1.22. The number of thioether (sulfide) groups is 1. The maximum absolute atomic E-state index is 13.1. The Morgan fingerprint density at radius 3 is 2.34 bits per heavy atom. The van der Waals surface area contributed by atoms with E-state index in [0.717, 1.165) is 21.9 Å². The van der Waals surface area contributed by atoms with Crippen LogP contribution in [0.4, 0.5) is 15.8 Å². The van der Waals surface area contributed by atoms with Gasteiger partial charge in [0.2, 0.25) is 17.7 Å². The highest BCUT2D eigenvalue weighted by Gasteiger charge is 2.40. The molecule has 1 saturated heterocycles. The van der Waals surface area contributed by atoms with Crippen molar-refractivity contribution < 1.29 is 28.7 Å². The van der Waals surface area contributed by atoms with Gasteiger partial charge in [-0.2, -0.15) is 0 Å². The molecule has 9 heteroatoms. The first-order valence-corrected chi connectivity index (χ1v) is 9.32. The number of nitrogens with one attached hydrogen (secondary N) is 1. The summed E-state index contributed by atoms with van der Waals surface area (Å²) < 4.78 is 13.1. The predicted molar refractivity (Wildman–Crippen MR) is 105 cm³/mol. The summed E-state index contributed by atoms with van der Waals surface area (Å²) in [6, 6.07) is 11.7. The fraction of sp³-hybridized carbons (Fsp3) is 0.100. The number of nitrogens with zero attached hydrogens (tertiary/aromatic N) is 1. The smallest absolute Gasteiger partial charge is 0.328 e.